The van der Waals surface area contributed by atoms with E-state index in [0.29, 0.717) is 25.8 Å². The number of hydrogen-bond acceptors (Lipinski definition) is 4. The van der Waals surface area contributed by atoms with Crippen LogP contribution in [0, 0.1) is 5.92 Å². The summed E-state index contributed by atoms with van der Waals surface area (Å²) >= 11 is 0. The minimum atomic E-state index is -0.794. The van der Waals surface area contributed by atoms with Gasteiger partial charge in [0.05, 0.1) is 5.92 Å². The number of amides is 2. The molecule has 0 unspecified atom stereocenters. The standard InChI is InChI=1S/C28H34N2O5/c1-18-16-19(26(32)33)13-15-30(18)25(31)12-14-28(2,3)29-27(34)35-17-24-22-10-6-4-8-20(22)21-9-5-7-11-23(21)24/h4-11,18-19,24H,12-17H2,1-3H3,(H,29,34)(H,32,33)/t18-,19-/m1/s1. The van der Waals surface area contributed by atoms with E-state index in [1.54, 1.807) is 4.90 Å². The fourth-order valence-electron chi connectivity index (χ4n) is 5.30. The smallest absolute Gasteiger partial charge is 0.407 e. The van der Waals surface area contributed by atoms with Crippen molar-refractivity contribution in [2.45, 2.75) is 64.0 Å². The maximum Gasteiger partial charge on any atom is 0.407 e. The first-order valence-electron chi connectivity index (χ1n) is 12.3. The van der Waals surface area contributed by atoms with Crippen molar-refractivity contribution in [3.63, 3.8) is 0 Å². The van der Waals surface area contributed by atoms with Gasteiger partial charge < -0.3 is 20.1 Å². The van der Waals surface area contributed by atoms with Crippen LogP contribution in [-0.2, 0) is 14.3 Å². The second kappa shape index (κ2) is 10.1. The van der Waals surface area contributed by atoms with Gasteiger partial charge in [-0.15, -0.1) is 0 Å². The first-order chi connectivity index (χ1) is 16.7. The lowest BCUT2D eigenvalue weighted by Gasteiger charge is -2.37. The molecule has 186 valence electrons. The Morgan fingerprint density at radius 3 is 2.23 bits per heavy atom. The molecule has 7 nitrogen and oxygen atoms in total. The van der Waals surface area contributed by atoms with Crippen molar-refractivity contribution < 1.29 is 24.2 Å². The van der Waals surface area contributed by atoms with Gasteiger partial charge >= 0.3 is 12.1 Å². The highest BCUT2D eigenvalue weighted by Crippen LogP contribution is 2.44. The van der Waals surface area contributed by atoms with E-state index in [4.69, 9.17) is 4.74 Å². The molecule has 1 fully saturated rings. The molecule has 1 aliphatic heterocycles. The summed E-state index contributed by atoms with van der Waals surface area (Å²) in [7, 11) is 0. The topological polar surface area (TPSA) is 95.9 Å². The highest BCUT2D eigenvalue weighted by molar-refractivity contribution is 5.79. The van der Waals surface area contributed by atoms with Crippen molar-refractivity contribution >= 4 is 18.0 Å². The van der Waals surface area contributed by atoms with Gasteiger partial charge in [0.2, 0.25) is 5.91 Å². The molecule has 0 bridgehead atoms. The Morgan fingerprint density at radius 1 is 1.06 bits per heavy atom. The molecule has 0 saturated carbocycles. The van der Waals surface area contributed by atoms with E-state index in [1.807, 2.05) is 45.0 Å². The first kappa shape index (κ1) is 24.8. The third-order valence-electron chi connectivity index (χ3n) is 7.29. The van der Waals surface area contributed by atoms with Gasteiger partial charge in [-0.3, -0.25) is 9.59 Å². The van der Waals surface area contributed by atoms with Crippen LogP contribution in [0.2, 0.25) is 0 Å². The second-order valence-electron chi connectivity index (χ2n) is 10.3. The molecule has 1 aliphatic carbocycles. The van der Waals surface area contributed by atoms with Crippen LogP contribution in [0.4, 0.5) is 4.79 Å². The fraction of sp³-hybridized carbons (Fsp3) is 0.464. The molecule has 4 rings (SSSR count). The van der Waals surface area contributed by atoms with Crippen LogP contribution in [0.5, 0.6) is 0 Å². The van der Waals surface area contributed by atoms with Crippen molar-refractivity contribution in [3.05, 3.63) is 59.7 Å². The van der Waals surface area contributed by atoms with Gasteiger partial charge in [-0.2, -0.15) is 0 Å². The molecule has 0 spiro atoms. The van der Waals surface area contributed by atoms with E-state index in [1.165, 1.54) is 11.1 Å². The molecule has 1 heterocycles. The van der Waals surface area contributed by atoms with Gasteiger partial charge in [-0.05, 0) is 62.3 Å². The minimum Gasteiger partial charge on any atom is -0.481 e. The van der Waals surface area contributed by atoms with Crippen molar-refractivity contribution in [3.8, 4) is 11.1 Å². The zero-order valence-corrected chi connectivity index (χ0v) is 20.6. The molecule has 2 aliphatic rings. The van der Waals surface area contributed by atoms with Crippen LogP contribution in [0.25, 0.3) is 11.1 Å². The summed E-state index contributed by atoms with van der Waals surface area (Å²) in [5.74, 6) is -1.20. The van der Waals surface area contributed by atoms with Gasteiger partial charge in [-0.1, -0.05) is 48.5 Å². The fourth-order valence-corrected chi connectivity index (χ4v) is 5.30. The lowest BCUT2D eigenvalue weighted by molar-refractivity contribution is -0.147. The third kappa shape index (κ3) is 5.50. The van der Waals surface area contributed by atoms with Crippen LogP contribution in [-0.4, -0.2) is 52.7 Å². The number of carboxylic acid groups (broad SMARTS) is 1. The SMILES string of the molecule is C[C@@H]1C[C@H](C(=O)O)CCN1C(=O)CCC(C)(C)NC(=O)OCC1c2ccccc2-c2ccccc21. The number of likely N-dealkylation sites (tertiary alicyclic amines) is 1. The number of alkyl carbamates (subject to hydrolysis) is 1. The van der Waals surface area contributed by atoms with Gasteiger partial charge in [-0.25, -0.2) is 4.79 Å². The number of carbonyl (C=O) groups is 3. The monoisotopic (exact) mass is 478 g/mol. The summed E-state index contributed by atoms with van der Waals surface area (Å²) in [6.07, 6.45) is 1.19. The van der Waals surface area contributed by atoms with Crippen LogP contribution in [0.3, 0.4) is 0 Å². The average Bonchev–Trinajstić information content (AvgIpc) is 3.14. The Kier molecular flexibility index (Phi) is 7.15. The molecular formula is C28H34N2O5. The largest absolute Gasteiger partial charge is 0.481 e. The van der Waals surface area contributed by atoms with E-state index in [2.05, 4.69) is 29.6 Å². The summed E-state index contributed by atoms with van der Waals surface area (Å²) in [6, 6.07) is 16.3. The lowest BCUT2D eigenvalue weighted by atomic mass is 9.91. The van der Waals surface area contributed by atoms with E-state index >= 15 is 0 Å². The quantitative estimate of drug-likeness (QED) is 0.596. The van der Waals surface area contributed by atoms with E-state index in [0.717, 1.165) is 11.1 Å². The van der Waals surface area contributed by atoms with E-state index in [-0.39, 0.29) is 36.8 Å². The summed E-state index contributed by atoms with van der Waals surface area (Å²) < 4.78 is 5.65. The third-order valence-corrected chi connectivity index (χ3v) is 7.29. The number of nitrogens with one attached hydrogen (secondary N) is 1. The number of rotatable bonds is 7. The highest BCUT2D eigenvalue weighted by Gasteiger charge is 2.33. The molecule has 0 aromatic heterocycles. The van der Waals surface area contributed by atoms with Crippen molar-refractivity contribution in [2.75, 3.05) is 13.2 Å². The average molecular weight is 479 g/mol. The number of aliphatic carboxylic acids is 1. The lowest BCUT2D eigenvalue weighted by Crippen LogP contribution is -2.48. The highest BCUT2D eigenvalue weighted by atomic mass is 16.5. The number of fused-ring (bicyclic) bond motifs is 3. The number of ether oxygens (including phenoxy) is 1. The predicted octanol–water partition coefficient (Wildman–Crippen LogP) is 4.80. The van der Waals surface area contributed by atoms with E-state index in [9.17, 15) is 19.5 Å². The number of hydrogen-bond donors (Lipinski definition) is 2. The molecule has 2 aromatic carbocycles. The molecule has 2 aromatic rings. The summed E-state index contributed by atoms with van der Waals surface area (Å²) in [4.78, 5) is 38.4. The Hall–Kier alpha value is -3.35. The maximum absolute atomic E-state index is 12.8. The normalized spacial score (nSPS) is 19.6. The van der Waals surface area contributed by atoms with Crippen LogP contribution < -0.4 is 5.32 Å². The minimum absolute atomic E-state index is 0.00643. The Morgan fingerprint density at radius 2 is 1.66 bits per heavy atom. The van der Waals surface area contributed by atoms with Crippen LogP contribution >= 0.6 is 0 Å². The van der Waals surface area contributed by atoms with E-state index < -0.39 is 17.6 Å². The number of piperidine rings is 1. The zero-order chi connectivity index (χ0) is 25.2. The first-order valence-corrected chi connectivity index (χ1v) is 12.3. The number of nitrogens with zero attached hydrogens (tertiary/aromatic N) is 1. The Balaban J connectivity index is 1.28. The van der Waals surface area contributed by atoms with Crippen LogP contribution in [0.15, 0.2) is 48.5 Å². The summed E-state index contributed by atoms with van der Waals surface area (Å²) in [5.41, 5.74) is 4.05. The van der Waals surface area contributed by atoms with Gasteiger partial charge in [0, 0.05) is 30.5 Å². The molecule has 2 atom stereocenters. The second-order valence-corrected chi connectivity index (χ2v) is 10.3. The number of carbonyl (C=O) groups excluding carboxylic acids is 2. The van der Waals surface area contributed by atoms with Crippen LogP contribution in [0.1, 0.15) is 63.5 Å². The summed E-state index contributed by atoms with van der Waals surface area (Å²) in [6.45, 7) is 6.35. The predicted molar refractivity (Wildman–Crippen MR) is 133 cm³/mol. The summed E-state index contributed by atoms with van der Waals surface area (Å²) in [5, 5.41) is 12.1. The molecule has 0 radical (unpaired) electrons. The number of benzene rings is 2. The molecular weight excluding hydrogens is 444 g/mol. The molecule has 7 heteroatoms. The van der Waals surface area contributed by atoms with Crippen molar-refractivity contribution in [1.82, 2.24) is 10.2 Å². The molecule has 2 N–H and O–H groups in total. The maximum atomic E-state index is 12.8. The van der Waals surface area contributed by atoms with Gasteiger partial charge in [0.25, 0.3) is 0 Å². The molecule has 2 amide bonds. The van der Waals surface area contributed by atoms with Gasteiger partial charge in [0.15, 0.2) is 0 Å². The molecule has 35 heavy (non-hydrogen) atoms. The van der Waals surface area contributed by atoms with Crippen molar-refractivity contribution in [2.24, 2.45) is 5.92 Å². The van der Waals surface area contributed by atoms with Gasteiger partial charge in [0.1, 0.15) is 6.61 Å². The zero-order valence-electron chi connectivity index (χ0n) is 20.6. The Labute approximate surface area is 206 Å². The number of carboxylic acids is 1. The Bertz CT molecular complexity index is 1070. The van der Waals surface area contributed by atoms with Crippen molar-refractivity contribution in [1.29, 1.82) is 0 Å². The molecule has 1 saturated heterocycles.